The largest absolute Gasteiger partial charge is 0.371 e. The molecule has 0 fully saturated rings. The van der Waals surface area contributed by atoms with Crippen molar-refractivity contribution >= 4 is 5.84 Å². The summed E-state index contributed by atoms with van der Waals surface area (Å²) in [6.07, 6.45) is 0.855. The van der Waals surface area contributed by atoms with Gasteiger partial charge in [0.05, 0.1) is 0 Å². The van der Waals surface area contributed by atoms with Crippen LogP contribution >= 0.6 is 0 Å². The molecule has 0 aliphatic carbocycles. The topological polar surface area (TPSA) is 36.3 Å². The van der Waals surface area contributed by atoms with Crippen molar-refractivity contribution in [3.05, 3.63) is 0 Å². The highest BCUT2D eigenvalue weighted by molar-refractivity contribution is 5.83. The Bertz CT molecular complexity index is 144. The molecule has 0 bridgehead atoms. The van der Waals surface area contributed by atoms with Gasteiger partial charge in [-0.15, -0.1) is 0 Å². The number of hydrogen-bond donors (Lipinski definition) is 1. The van der Waals surface area contributed by atoms with Gasteiger partial charge in [-0.2, -0.15) is 0 Å². The molecule has 0 heterocycles. The van der Waals surface area contributed by atoms with E-state index in [4.69, 9.17) is 10.1 Å². The van der Waals surface area contributed by atoms with Gasteiger partial charge < -0.3 is 9.64 Å². The predicted octanol–water partition coefficient (Wildman–Crippen LogP) is 2.12. The maximum absolute atomic E-state index is 7.91. The van der Waals surface area contributed by atoms with Gasteiger partial charge in [0.15, 0.2) is 0 Å². The van der Waals surface area contributed by atoms with E-state index in [1.165, 1.54) is 0 Å². The second-order valence-corrected chi connectivity index (χ2v) is 2.91. The molecule has 3 nitrogen and oxygen atoms in total. The molecule has 0 aliphatic heterocycles. The van der Waals surface area contributed by atoms with E-state index in [9.17, 15) is 0 Å². The Morgan fingerprint density at radius 2 is 1.77 bits per heavy atom. The molecule has 0 amide bonds. The standard InChI is InChI=1S/C10H22N2O/c1-5-9(13-8-4)10(11)12(6-2)7-3/h9,11H,5-8H2,1-4H3. The second-order valence-electron chi connectivity index (χ2n) is 2.91. The first-order valence-electron chi connectivity index (χ1n) is 5.16. The van der Waals surface area contributed by atoms with E-state index >= 15 is 0 Å². The molecule has 0 radical (unpaired) electrons. The zero-order valence-corrected chi connectivity index (χ0v) is 9.26. The molecular weight excluding hydrogens is 164 g/mol. The van der Waals surface area contributed by atoms with E-state index < -0.39 is 0 Å². The molecule has 3 heteroatoms. The number of rotatable bonds is 6. The summed E-state index contributed by atoms with van der Waals surface area (Å²) in [6.45, 7) is 10.6. The summed E-state index contributed by atoms with van der Waals surface area (Å²) in [6, 6.07) is 0. The first kappa shape index (κ1) is 12.4. The van der Waals surface area contributed by atoms with Crippen molar-refractivity contribution in [1.82, 2.24) is 4.90 Å². The SMILES string of the molecule is CCOC(CC)C(=N)N(CC)CC. The minimum absolute atomic E-state index is 0.0232. The molecule has 0 rings (SSSR count). The summed E-state index contributed by atoms with van der Waals surface area (Å²) >= 11 is 0. The zero-order chi connectivity index (χ0) is 10.3. The molecule has 1 atom stereocenters. The fraction of sp³-hybridized carbons (Fsp3) is 0.900. The molecule has 0 aromatic heterocycles. The van der Waals surface area contributed by atoms with Crippen LogP contribution in [0, 0.1) is 5.41 Å². The normalized spacial score (nSPS) is 12.6. The van der Waals surface area contributed by atoms with Crippen molar-refractivity contribution in [2.24, 2.45) is 0 Å². The lowest BCUT2D eigenvalue weighted by molar-refractivity contribution is 0.0967. The van der Waals surface area contributed by atoms with Gasteiger partial charge in [0, 0.05) is 19.7 Å². The van der Waals surface area contributed by atoms with Gasteiger partial charge in [-0.1, -0.05) is 6.92 Å². The molecule has 0 saturated heterocycles. The van der Waals surface area contributed by atoms with E-state index in [2.05, 4.69) is 20.8 Å². The lowest BCUT2D eigenvalue weighted by Gasteiger charge is -2.27. The summed E-state index contributed by atoms with van der Waals surface area (Å²) in [4.78, 5) is 2.03. The van der Waals surface area contributed by atoms with E-state index in [1.54, 1.807) is 0 Å². The molecule has 1 N–H and O–H groups in total. The molecular formula is C10H22N2O. The zero-order valence-electron chi connectivity index (χ0n) is 9.26. The Hall–Kier alpha value is -0.570. The summed E-state index contributed by atoms with van der Waals surface area (Å²) in [7, 11) is 0. The fourth-order valence-electron chi connectivity index (χ4n) is 1.36. The quantitative estimate of drug-likeness (QED) is 0.509. The Kier molecular flexibility index (Phi) is 6.59. The highest BCUT2D eigenvalue weighted by Crippen LogP contribution is 2.04. The third kappa shape index (κ3) is 3.77. The van der Waals surface area contributed by atoms with Crippen LogP contribution in [0.3, 0.4) is 0 Å². The van der Waals surface area contributed by atoms with Gasteiger partial charge in [0.2, 0.25) is 0 Å². The highest BCUT2D eigenvalue weighted by atomic mass is 16.5. The molecule has 0 aliphatic rings. The van der Waals surface area contributed by atoms with Crippen LogP contribution in [-0.4, -0.2) is 36.5 Å². The monoisotopic (exact) mass is 186 g/mol. The Morgan fingerprint density at radius 1 is 1.23 bits per heavy atom. The van der Waals surface area contributed by atoms with Crippen LogP contribution in [0.25, 0.3) is 0 Å². The Morgan fingerprint density at radius 3 is 2.08 bits per heavy atom. The van der Waals surface area contributed by atoms with Gasteiger partial charge >= 0.3 is 0 Å². The molecule has 78 valence electrons. The van der Waals surface area contributed by atoms with Crippen LogP contribution in [0.1, 0.15) is 34.1 Å². The summed E-state index contributed by atoms with van der Waals surface area (Å²) < 4.78 is 5.47. The van der Waals surface area contributed by atoms with E-state index in [0.717, 1.165) is 19.5 Å². The fourth-order valence-corrected chi connectivity index (χ4v) is 1.36. The molecule has 0 aromatic rings. The minimum Gasteiger partial charge on any atom is -0.371 e. The number of hydrogen-bond acceptors (Lipinski definition) is 2. The van der Waals surface area contributed by atoms with Crippen LogP contribution in [0.15, 0.2) is 0 Å². The highest BCUT2D eigenvalue weighted by Gasteiger charge is 2.16. The summed E-state index contributed by atoms with van der Waals surface area (Å²) in [5.74, 6) is 0.620. The van der Waals surface area contributed by atoms with Crippen molar-refractivity contribution in [2.45, 2.75) is 40.2 Å². The van der Waals surface area contributed by atoms with Gasteiger partial charge in [-0.05, 0) is 27.2 Å². The van der Waals surface area contributed by atoms with E-state index in [0.29, 0.717) is 12.4 Å². The average Bonchev–Trinajstić information content (AvgIpc) is 2.15. The number of ether oxygens (including phenoxy) is 1. The Labute approximate surface area is 81.6 Å². The molecule has 1 unspecified atom stereocenters. The number of likely N-dealkylation sites (N-methyl/N-ethyl adjacent to an activating group) is 1. The van der Waals surface area contributed by atoms with Gasteiger partial charge in [-0.3, -0.25) is 5.41 Å². The number of nitrogens with zero attached hydrogens (tertiary/aromatic N) is 1. The van der Waals surface area contributed by atoms with Crippen molar-refractivity contribution in [2.75, 3.05) is 19.7 Å². The van der Waals surface area contributed by atoms with Gasteiger partial charge in [-0.25, -0.2) is 0 Å². The second kappa shape index (κ2) is 6.89. The van der Waals surface area contributed by atoms with Crippen LogP contribution in [0.4, 0.5) is 0 Å². The smallest absolute Gasteiger partial charge is 0.126 e. The number of amidine groups is 1. The molecule has 13 heavy (non-hydrogen) atoms. The third-order valence-corrected chi connectivity index (χ3v) is 2.15. The average molecular weight is 186 g/mol. The molecule has 0 aromatic carbocycles. The predicted molar refractivity (Wildman–Crippen MR) is 56.4 cm³/mol. The molecule has 0 spiro atoms. The van der Waals surface area contributed by atoms with Crippen molar-refractivity contribution in [3.63, 3.8) is 0 Å². The van der Waals surface area contributed by atoms with Crippen LogP contribution in [-0.2, 0) is 4.74 Å². The summed E-state index contributed by atoms with van der Waals surface area (Å²) in [5.41, 5.74) is 0. The van der Waals surface area contributed by atoms with Crippen LogP contribution in [0.2, 0.25) is 0 Å². The minimum atomic E-state index is -0.0232. The third-order valence-electron chi connectivity index (χ3n) is 2.15. The lowest BCUT2D eigenvalue weighted by atomic mass is 10.2. The van der Waals surface area contributed by atoms with Crippen LogP contribution < -0.4 is 0 Å². The van der Waals surface area contributed by atoms with Gasteiger partial charge in [0.25, 0.3) is 0 Å². The maximum atomic E-state index is 7.91. The molecule has 0 saturated carbocycles. The summed E-state index contributed by atoms with van der Waals surface area (Å²) in [5, 5.41) is 7.91. The lowest BCUT2D eigenvalue weighted by Crippen LogP contribution is -2.39. The van der Waals surface area contributed by atoms with Crippen molar-refractivity contribution < 1.29 is 4.74 Å². The number of nitrogens with one attached hydrogen (secondary N) is 1. The van der Waals surface area contributed by atoms with Crippen molar-refractivity contribution in [1.29, 1.82) is 5.41 Å². The van der Waals surface area contributed by atoms with Gasteiger partial charge in [0.1, 0.15) is 11.9 Å². The van der Waals surface area contributed by atoms with Crippen LogP contribution in [0.5, 0.6) is 0 Å². The van der Waals surface area contributed by atoms with E-state index in [-0.39, 0.29) is 6.10 Å². The first-order chi connectivity index (χ1) is 6.21. The first-order valence-corrected chi connectivity index (χ1v) is 5.16. The maximum Gasteiger partial charge on any atom is 0.126 e. The Balaban J connectivity index is 4.16. The van der Waals surface area contributed by atoms with E-state index in [1.807, 2.05) is 11.8 Å². The van der Waals surface area contributed by atoms with Crippen molar-refractivity contribution in [3.8, 4) is 0 Å².